The third-order valence-corrected chi connectivity index (χ3v) is 5.37. The van der Waals surface area contributed by atoms with Gasteiger partial charge in [-0.2, -0.15) is 11.8 Å². The highest BCUT2D eigenvalue weighted by Gasteiger charge is 2.22. The van der Waals surface area contributed by atoms with E-state index in [0.29, 0.717) is 13.2 Å². The molecule has 1 aliphatic heterocycles. The molecule has 0 bridgehead atoms. The molecule has 2 heterocycles. The summed E-state index contributed by atoms with van der Waals surface area (Å²) in [5.41, 5.74) is 1.28. The number of carbonyl (C=O) groups is 2. The average Bonchev–Trinajstić information content (AvgIpc) is 2.88. The molecule has 0 unspecified atom stereocenters. The summed E-state index contributed by atoms with van der Waals surface area (Å²) in [5.74, 6) is 1.70. The van der Waals surface area contributed by atoms with Crippen molar-refractivity contribution >= 4 is 35.0 Å². The van der Waals surface area contributed by atoms with Gasteiger partial charge in [0.15, 0.2) is 0 Å². The quantitative estimate of drug-likeness (QED) is 0.784. The van der Waals surface area contributed by atoms with Crippen LogP contribution in [0.4, 0.5) is 0 Å². The first-order chi connectivity index (χ1) is 9.65. The van der Waals surface area contributed by atoms with Gasteiger partial charge in [-0.1, -0.05) is 0 Å². The SMILES string of the molecule is CCOC(=O)CN(CC)C(=O)c1cc2c(s1)CCSC2. The molecular formula is C14H19NO3S2. The molecule has 1 amide bonds. The summed E-state index contributed by atoms with van der Waals surface area (Å²) in [6.07, 6.45) is 1.04. The maximum Gasteiger partial charge on any atom is 0.325 e. The number of hydrogen-bond acceptors (Lipinski definition) is 5. The Balaban J connectivity index is 2.08. The molecule has 20 heavy (non-hydrogen) atoms. The van der Waals surface area contributed by atoms with Crippen LogP contribution in [-0.2, 0) is 21.7 Å². The number of hydrogen-bond donors (Lipinski definition) is 0. The molecule has 0 aromatic carbocycles. The summed E-state index contributed by atoms with van der Waals surface area (Å²) < 4.78 is 4.91. The maximum absolute atomic E-state index is 12.5. The van der Waals surface area contributed by atoms with Crippen LogP contribution >= 0.6 is 23.1 Å². The molecule has 1 aliphatic rings. The van der Waals surface area contributed by atoms with Crippen molar-refractivity contribution in [3.63, 3.8) is 0 Å². The zero-order valence-corrected chi connectivity index (χ0v) is 13.4. The highest BCUT2D eigenvalue weighted by atomic mass is 32.2. The molecule has 2 rings (SSSR count). The first-order valence-electron chi connectivity index (χ1n) is 6.79. The van der Waals surface area contributed by atoms with Crippen LogP contribution in [0.25, 0.3) is 0 Å². The Kier molecular flexibility index (Phi) is 5.48. The number of thiophene rings is 1. The van der Waals surface area contributed by atoms with Gasteiger partial charge in [0.05, 0.1) is 11.5 Å². The summed E-state index contributed by atoms with van der Waals surface area (Å²) in [7, 11) is 0. The van der Waals surface area contributed by atoms with Crippen molar-refractivity contribution in [2.75, 3.05) is 25.4 Å². The first kappa shape index (κ1) is 15.4. The van der Waals surface area contributed by atoms with Crippen LogP contribution in [-0.4, -0.2) is 42.2 Å². The molecule has 0 saturated carbocycles. The standard InChI is InChI=1S/C14H19NO3S2/c1-3-15(8-13(16)18-4-2)14(17)12-7-10-9-19-6-5-11(10)20-12/h7H,3-6,8-9H2,1-2H3. The topological polar surface area (TPSA) is 46.6 Å². The Bertz CT molecular complexity index is 475. The van der Waals surface area contributed by atoms with Gasteiger partial charge in [-0.05, 0) is 37.7 Å². The Morgan fingerprint density at radius 2 is 2.20 bits per heavy atom. The summed E-state index contributed by atoms with van der Waals surface area (Å²) in [4.78, 5) is 27.6. The van der Waals surface area contributed by atoms with Crippen LogP contribution in [0.5, 0.6) is 0 Å². The van der Waals surface area contributed by atoms with Crippen molar-refractivity contribution in [3.8, 4) is 0 Å². The lowest BCUT2D eigenvalue weighted by atomic mass is 10.2. The number of rotatable bonds is 5. The lowest BCUT2D eigenvalue weighted by molar-refractivity contribution is -0.143. The van der Waals surface area contributed by atoms with Crippen molar-refractivity contribution in [1.82, 2.24) is 4.90 Å². The predicted molar refractivity (Wildman–Crippen MR) is 82.4 cm³/mol. The smallest absolute Gasteiger partial charge is 0.325 e. The zero-order chi connectivity index (χ0) is 14.5. The van der Waals surface area contributed by atoms with Crippen LogP contribution in [0.2, 0.25) is 0 Å². The van der Waals surface area contributed by atoms with Gasteiger partial charge < -0.3 is 9.64 Å². The molecule has 110 valence electrons. The highest BCUT2D eigenvalue weighted by molar-refractivity contribution is 7.98. The number of ether oxygens (including phenoxy) is 1. The number of amides is 1. The van der Waals surface area contributed by atoms with E-state index in [1.54, 1.807) is 23.2 Å². The number of aryl methyl sites for hydroxylation is 1. The average molecular weight is 313 g/mol. The number of likely N-dealkylation sites (N-methyl/N-ethyl adjacent to an activating group) is 1. The van der Waals surface area contributed by atoms with E-state index in [0.717, 1.165) is 22.8 Å². The fourth-order valence-corrected chi connectivity index (χ4v) is 4.44. The fourth-order valence-electron chi connectivity index (χ4n) is 2.10. The highest BCUT2D eigenvalue weighted by Crippen LogP contribution is 2.32. The minimum Gasteiger partial charge on any atom is -0.465 e. The first-order valence-corrected chi connectivity index (χ1v) is 8.77. The molecule has 4 nitrogen and oxygen atoms in total. The number of fused-ring (bicyclic) bond motifs is 1. The van der Waals surface area contributed by atoms with E-state index >= 15 is 0 Å². The summed E-state index contributed by atoms with van der Waals surface area (Å²) >= 11 is 3.47. The van der Waals surface area contributed by atoms with Gasteiger partial charge in [0.1, 0.15) is 6.54 Å². The van der Waals surface area contributed by atoms with E-state index in [1.165, 1.54) is 10.4 Å². The normalized spacial score (nSPS) is 13.7. The predicted octanol–water partition coefficient (Wildman–Crippen LogP) is 2.56. The van der Waals surface area contributed by atoms with Crippen LogP contribution in [0.3, 0.4) is 0 Å². The maximum atomic E-state index is 12.5. The number of thioether (sulfide) groups is 1. The van der Waals surface area contributed by atoms with Crippen molar-refractivity contribution in [2.24, 2.45) is 0 Å². The lowest BCUT2D eigenvalue weighted by Crippen LogP contribution is -2.35. The van der Waals surface area contributed by atoms with E-state index in [4.69, 9.17) is 4.74 Å². The van der Waals surface area contributed by atoms with E-state index < -0.39 is 0 Å². The number of nitrogens with zero attached hydrogens (tertiary/aromatic N) is 1. The van der Waals surface area contributed by atoms with E-state index in [2.05, 4.69) is 0 Å². The molecule has 1 aromatic rings. The molecular weight excluding hydrogens is 294 g/mol. The summed E-state index contributed by atoms with van der Waals surface area (Å²) in [6.45, 7) is 4.52. The monoisotopic (exact) mass is 313 g/mol. The molecule has 0 saturated heterocycles. The zero-order valence-electron chi connectivity index (χ0n) is 11.8. The largest absolute Gasteiger partial charge is 0.465 e. The van der Waals surface area contributed by atoms with Crippen molar-refractivity contribution < 1.29 is 14.3 Å². The fraction of sp³-hybridized carbons (Fsp3) is 0.571. The van der Waals surface area contributed by atoms with Gasteiger partial charge in [-0.15, -0.1) is 11.3 Å². The molecule has 1 aromatic heterocycles. The summed E-state index contributed by atoms with van der Waals surface area (Å²) in [5, 5.41) is 0. The molecule has 6 heteroatoms. The third-order valence-electron chi connectivity index (χ3n) is 3.13. The van der Waals surface area contributed by atoms with Crippen molar-refractivity contribution in [3.05, 3.63) is 21.4 Å². The van der Waals surface area contributed by atoms with Crippen LogP contribution < -0.4 is 0 Å². The van der Waals surface area contributed by atoms with Gasteiger partial charge in [0.2, 0.25) is 0 Å². The van der Waals surface area contributed by atoms with Crippen molar-refractivity contribution in [2.45, 2.75) is 26.0 Å². The third kappa shape index (κ3) is 3.55. The lowest BCUT2D eigenvalue weighted by Gasteiger charge is -2.18. The number of carbonyl (C=O) groups excluding carboxylic acids is 2. The van der Waals surface area contributed by atoms with Gasteiger partial charge in [-0.25, -0.2) is 0 Å². The number of esters is 1. The second-order valence-corrected chi connectivity index (χ2v) is 6.73. The molecule has 0 radical (unpaired) electrons. The minimum absolute atomic E-state index is 0.0283. The molecule has 0 aliphatic carbocycles. The second-order valence-electron chi connectivity index (χ2n) is 4.49. The van der Waals surface area contributed by atoms with Crippen molar-refractivity contribution in [1.29, 1.82) is 0 Å². The van der Waals surface area contributed by atoms with E-state index in [1.807, 2.05) is 24.8 Å². The minimum atomic E-state index is -0.348. The summed E-state index contributed by atoms with van der Waals surface area (Å²) in [6, 6.07) is 1.99. The Morgan fingerprint density at radius 3 is 2.85 bits per heavy atom. The Labute approximate surface area is 127 Å². The van der Waals surface area contributed by atoms with Crippen LogP contribution in [0, 0.1) is 0 Å². The van der Waals surface area contributed by atoms with Gasteiger partial charge in [0, 0.05) is 17.2 Å². The molecule has 0 N–H and O–H groups in total. The molecule has 0 atom stereocenters. The van der Waals surface area contributed by atoms with Crippen LogP contribution in [0.1, 0.15) is 34.0 Å². The second kappa shape index (κ2) is 7.13. The van der Waals surface area contributed by atoms with E-state index in [9.17, 15) is 9.59 Å². The molecule has 0 fully saturated rings. The van der Waals surface area contributed by atoms with Gasteiger partial charge in [0.25, 0.3) is 5.91 Å². The Morgan fingerprint density at radius 1 is 1.40 bits per heavy atom. The Hall–Kier alpha value is -1.01. The molecule has 0 spiro atoms. The van der Waals surface area contributed by atoms with E-state index in [-0.39, 0.29) is 18.4 Å². The van der Waals surface area contributed by atoms with Crippen LogP contribution in [0.15, 0.2) is 6.07 Å². The van der Waals surface area contributed by atoms with Gasteiger partial charge in [-0.3, -0.25) is 9.59 Å². The van der Waals surface area contributed by atoms with Gasteiger partial charge >= 0.3 is 5.97 Å².